The molecular formula is C10H9BrClF2N. The molecule has 0 amide bonds. The lowest BCUT2D eigenvalue weighted by molar-refractivity contribution is 0.575. The van der Waals surface area contributed by atoms with Crippen molar-refractivity contribution in [3.63, 3.8) is 0 Å². The first-order valence-corrected chi connectivity index (χ1v) is 5.01. The maximum Gasteiger partial charge on any atom is 0.134 e. The van der Waals surface area contributed by atoms with Crippen LogP contribution < -0.4 is 5.32 Å². The molecule has 1 N–H and O–H groups in total. The van der Waals surface area contributed by atoms with Crippen molar-refractivity contribution in [1.29, 1.82) is 0 Å². The van der Waals surface area contributed by atoms with Crippen molar-refractivity contribution in [2.75, 3.05) is 13.1 Å². The molecule has 5 heteroatoms. The highest BCUT2D eigenvalue weighted by Gasteiger charge is 2.12. The van der Waals surface area contributed by atoms with Crippen LogP contribution in [0.3, 0.4) is 0 Å². The number of rotatable bonds is 1. The first kappa shape index (κ1) is 12.6. The van der Waals surface area contributed by atoms with E-state index in [0.29, 0.717) is 4.47 Å². The molecule has 82 valence electrons. The summed E-state index contributed by atoms with van der Waals surface area (Å²) in [6.45, 7) is 1.43. The molecule has 0 atom stereocenters. The van der Waals surface area contributed by atoms with Gasteiger partial charge in [-0.3, -0.25) is 0 Å². The van der Waals surface area contributed by atoms with Crippen LogP contribution in [-0.2, 0) is 0 Å². The lowest BCUT2D eigenvalue weighted by Crippen LogP contribution is -2.33. The second kappa shape index (κ2) is 5.05. The number of hydrogen-bond donors (Lipinski definition) is 1. The molecule has 1 aliphatic heterocycles. The van der Waals surface area contributed by atoms with Crippen molar-refractivity contribution in [2.45, 2.75) is 0 Å². The summed E-state index contributed by atoms with van der Waals surface area (Å²) in [4.78, 5) is 0. The normalized spacial score (nSPS) is 14.2. The molecule has 1 aliphatic rings. The van der Waals surface area contributed by atoms with E-state index in [1.807, 2.05) is 0 Å². The van der Waals surface area contributed by atoms with Crippen molar-refractivity contribution in [3.8, 4) is 0 Å². The maximum atomic E-state index is 13.3. The topological polar surface area (TPSA) is 12.0 Å². The minimum atomic E-state index is -0.531. The minimum Gasteiger partial charge on any atom is -0.309 e. The Morgan fingerprint density at radius 2 is 1.73 bits per heavy atom. The Bertz CT molecular complexity index is 377. The molecule has 0 unspecified atom stereocenters. The van der Waals surface area contributed by atoms with Crippen LogP contribution in [-0.4, -0.2) is 13.1 Å². The molecule has 0 spiro atoms. The third-order valence-corrected chi connectivity index (χ3v) is 2.55. The van der Waals surface area contributed by atoms with Gasteiger partial charge in [-0.25, -0.2) is 8.78 Å². The fourth-order valence-corrected chi connectivity index (χ4v) is 1.67. The number of hydrogen-bond acceptors (Lipinski definition) is 1. The Kier molecular flexibility index (Phi) is 4.25. The standard InChI is InChI=1S/C10H8BrF2N.ClH/c11-7-2-9(12)8(10(13)3-7)1-6-4-14-5-6;/h1-3,14H,4-5H2;1H. The van der Waals surface area contributed by atoms with Gasteiger partial charge in [-0.05, 0) is 23.8 Å². The Labute approximate surface area is 101 Å². The molecule has 2 rings (SSSR count). The molecule has 1 aromatic carbocycles. The van der Waals surface area contributed by atoms with Gasteiger partial charge in [0.1, 0.15) is 11.6 Å². The van der Waals surface area contributed by atoms with Gasteiger partial charge in [0, 0.05) is 23.1 Å². The van der Waals surface area contributed by atoms with Crippen LogP contribution >= 0.6 is 28.3 Å². The van der Waals surface area contributed by atoms with Gasteiger partial charge in [0.15, 0.2) is 0 Å². The van der Waals surface area contributed by atoms with Crippen LogP contribution in [0.2, 0.25) is 0 Å². The summed E-state index contributed by atoms with van der Waals surface area (Å²) >= 11 is 3.03. The zero-order valence-corrected chi connectivity index (χ0v) is 10.1. The van der Waals surface area contributed by atoms with Gasteiger partial charge in [0.2, 0.25) is 0 Å². The summed E-state index contributed by atoms with van der Waals surface area (Å²) in [5, 5.41) is 3.01. The van der Waals surface area contributed by atoms with E-state index in [9.17, 15) is 8.78 Å². The second-order valence-electron chi connectivity index (χ2n) is 3.19. The molecule has 0 bridgehead atoms. The number of nitrogens with one attached hydrogen (secondary N) is 1. The van der Waals surface area contributed by atoms with E-state index in [1.54, 1.807) is 6.08 Å². The van der Waals surface area contributed by atoms with Crippen LogP contribution in [0.4, 0.5) is 8.78 Å². The number of benzene rings is 1. The van der Waals surface area contributed by atoms with Crippen molar-refractivity contribution >= 4 is 34.4 Å². The van der Waals surface area contributed by atoms with Crippen molar-refractivity contribution in [3.05, 3.63) is 39.4 Å². The molecule has 1 nitrogen and oxygen atoms in total. The fraction of sp³-hybridized carbons (Fsp3) is 0.200. The van der Waals surface area contributed by atoms with Crippen LogP contribution in [0, 0.1) is 11.6 Å². The zero-order chi connectivity index (χ0) is 10.1. The minimum absolute atomic E-state index is 0. The summed E-state index contributed by atoms with van der Waals surface area (Å²) in [7, 11) is 0. The highest BCUT2D eigenvalue weighted by molar-refractivity contribution is 9.10. The van der Waals surface area contributed by atoms with Crippen molar-refractivity contribution in [1.82, 2.24) is 5.32 Å². The third-order valence-electron chi connectivity index (χ3n) is 2.10. The Balaban J connectivity index is 0.00000112. The molecule has 1 fully saturated rings. The predicted molar refractivity (Wildman–Crippen MR) is 62.2 cm³/mol. The van der Waals surface area contributed by atoms with E-state index in [0.717, 1.165) is 18.7 Å². The summed E-state index contributed by atoms with van der Waals surface area (Å²) in [6, 6.07) is 2.53. The zero-order valence-electron chi connectivity index (χ0n) is 7.69. The lowest BCUT2D eigenvalue weighted by atomic mass is 10.1. The summed E-state index contributed by atoms with van der Waals surface area (Å²) in [5.74, 6) is -1.06. The Morgan fingerprint density at radius 1 is 1.20 bits per heavy atom. The average Bonchev–Trinajstić information content (AvgIpc) is 1.98. The second-order valence-corrected chi connectivity index (χ2v) is 4.10. The van der Waals surface area contributed by atoms with Gasteiger partial charge in [0.05, 0.1) is 0 Å². The van der Waals surface area contributed by atoms with Crippen LogP contribution in [0.25, 0.3) is 6.08 Å². The monoisotopic (exact) mass is 295 g/mol. The first-order valence-electron chi connectivity index (χ1n) is 4.21. The SMILES string of the molecule is Cl.Fc1cc(Br)cc(F)c1C=C1CNC1. The Hall–Kier alpha value is -0.450. The van der Waals surface area contributed by atoms with E-state index in [2.05, 4.69) is 21.2 Å². The van der Waals surface area contributed by atoms with Gasteiger partial charge in [-0.2, -0.15) is 0 Å². The average molecular weight is 297 g/mol. The van der Waals surface area contributed by atoms with Crippen LogP contribution in [0.5, 0.6) is 0 Å². The van der Waals surface area contributed by atoms with E-state index < -0.39 is 11.6 Å². The molecular weight excluding hydrogens is 287 g/mol. The molecule has 0 radical (unpaired) electrons. The molecule has 1 saturated heterocycles. The Morgan fingerprint density at radius 3 is 2.13 bits per heavy atom. The van der Waals surface area contributed by atoms with E-state index in [-0.39, 0.29) is 18.0 Å². The molecule has 0 aromatic heterocycles. The van der Waals surface area contributed by atoms with Gasteiger partial charge in [-0.1, -0.05) is 15.9 Å². The first-order chi connectivity index (χ1) is 6.66. The van der Waals surface area contributed by atoms with Gasteiger partial charge in [-0.15, -0.1) is 12.4 Å². The summed E-state index contributed by atoms with van der Waals surface area (Å²) < 4.78 is 27.0. The summed E-state index contributed by atoms with van der Waals surface area (Å²) in [5.41, 5.74) is 1.06. The quantitative estimate of drug-likeness (QED) is 0.839. The molecule has 1 aromatic rings. The van der Waals surface area contributed by atoms with Gasteiger partial charge >= 0.3 is 0 Å². The van der Waals surface area contributed by atoms with Gasteiger partial charge < -0.3 is 5.32 Å². The maximum absolute atomic E-state index is 13.3. The largest absolute Gasteiger partial charge is 0.309 e. The highest BCUT2D eigenvalue weighted by atomic mass is 79.9. The summed E-state index contributed by atoms with van der Waals surface area (Å²) in [6.07, 6.45) is 1.56. The smallest absolute Gasteiger partial charge is 0.134 e. The van der Waals surface area contributed by atoms with Crippen molar-refractivity contribution in [2.24, 2.45) is 0 Å². The molecule has 0 aliphatic carbocycles. The molecule has 0 saturated carbocycles. The predicted octanol–water partition coefficient (Wildman–Crippen LogP) is 3.14. The number of halogens is 4. The van der Waals surface area contributed by atoms with E-state index in [1.165, 1.54) is 12.1 Å². The molecule has 15 heavy (non-hydrogen) atoms. The van der Waals surface area contributed by atoms with Crippen LogP contribution in [0.15, 0.2) is 22.2 Å². The van der Waals surface area contributed by atoms with E-state index in [4.69, 9.17) is 0 Å². The lowest BCUT2D eigenvalue weighted by Gasteiger charge is -2.18. The molecule has 1 heterocycles. The highest BCUT2D eigenvalue weighted by Crippen LogP contribution is 2.22. The third kappa shape index (κ3) is 2.77. The van der Waals surface area contributed by atoms with Crippen LogP contribution in [0.1, 0.15) is 5.56 Å². The van der Waals surface area contributed by atoms with E-state index >= 15 is 0 Å². The van der Waals surface area contributed by atoms with Crippen molar-refractivity contribution < 1.29 is 8.78 Å². The fourth-order valence-electron chi connectivity index (χ4n) is 1.27. The van der Waals surface area contributed by atoms with Gasteiger partial charge in [0.25, 0.3) is 0 Å².